The van der Waals surface area contributed by atoms with E-state index in [4.69, 9.17) is 5.73 Å². The first kappa shape index (κ1) is 7.97. The van der Waals surface area contributed by atoms with Crippen LogP contribution in [0, 0.1) is 5.92 Å². The first-order valence-corrected chi connectivity index (χ1v) is 2.87. The molecule has 0 aromatic rings. The number of rotatable bonds is 0. The summed E-state index contributed by atoms with van der Waals surface area (Å²) in [5.41, 5.74) is 5.01. The number of alkyl halides is 3. The molecule has 0 bridgehead atoms. The van der Waals surface area contributed by atoms with Gasteiger partial charge >= 0.3 is 6.18 Å². The van der Waals surface area contributed by atoms with Gasteiger partial charge in [-0.05, 0) is 12.2 Å². The molecule has 1 heterocycles. The second kappa shape index (κ2) is 2.48. The van der Waals surface area contributed by atoms with Crippen LogP contribution in [-0.4, -0.2) is 6.18 Å². The van der Waals surface area contributed by atoms with Gasteiger partial charge in [0.05, 0.1) is 12.2 Å². The fourth-order valence-electron chi connectivity index (χ4n) is 0.678. The molecule has 1 aliphatic rings. The predicted octanol–water partition coefficient (Wildman–Crippen LogP) is 1.51. The molecule has 0 amide bonds. The van der Waals surface area contributed by atoms with Crippen LogP contribution in [0.5, 0.6) is 0 Å². The summed E-state index contributed by atoms with van der Waals surface area (Å²) in [7, 11) is 0. The van der Waals surface area contributed by atoms with Crippen molar-refractivity contribution in [3.8, 4) is 0 Å². The summed E-state index contributed by atoms with van der Waals surface area (Å²) in [4.78, 5) is 0. The third-order valence-electron chi connectivity index (χ3n) is 1.21. The van der Waals surface area contributed by atoms with Crippen molar-refractivity contribution in [3.05, 3.63) is 24.3 Å². The van der Waals surface area contributed by atoms with Crippen LogP contribution in [-0.2, 0) is 4.74 Å². The van der Waals surface area contributed by atoms with E-state index in [0.29, 0.717) is 0 Å². The van der Waals surface area contributed by atoms with Gasteiger partial charge in [0, 0.05) is 0 Å². The topological polar surface area (TPSA) is 35.2 Å². The lowest BCUT2D eigenvalue weighted by Crippen LogP contribution is -2.22. The summed E-state index contributed by atoms with van der Waals surface area (Å²) in [5.74, 6) is -1.83. The molecule has 1 aliphatic heterocycles. The third kappa shape index (κ3) is 1.89. The average molecular weight is 165 g/mol. The summed E-state index contributed by atoms with van der Waals surface area (Å²) in [6, 6.07) is 0. The van der Waals surface area contributed by atoms with E-state index < -0.39 is 12.1 Å². The molecule has 0 spiro atoms. The van der Waals surface area contributed by atoms with Gasteiger partial charge in [0.1, 0.15) is 0 Å². The second-order valence-corrected chi connectivity index (χ2v) is 2.08. The predicted molar refractivity (Wildman–Crippen MR) is 32.0 cm³/mol. The van der Waals surface area contributed by atoms with Crippen LogP contribution in [0.4, 0.5) is 13.2 Å². The molecule has 1 atom stereocenters. The number of hydrogen-bond acceptors (Lipinski definition) is 2. The lowest BCUT2D eigenvalue weighted by atomic mass is 10.1. The Morgan fingerprint density at radius 2 is 2.09 bits per heavy atom. The molecule has 0 saturated heterocycles. The van der Waals surface area contributed by atoms with Crippen molar-refractivity contribution in [2.24, 2.45) is 11.7 Å². The Kier molecular flexibility index (Phi) is 1.80. The maximum Gasteiger partial charge on any atom is 0.398 e. The fraction of sp³-hybridized carbons (Fsp3) is 0.333. The number of hydrogen-bond donors (Lipinski definition) is 1. The lowest BCUT2D eigenvalue weighted by Gasteiger charge is -2.16. The highest BCUT2D eigenvalue weighted by atomic mass is 19.4. The third-order valence-corrected chi connectivity index (χ3v) is 1.21. The largest absolute Gasteiger partial charge is 0.450 e. The molecule has 0 saturated carbocycles. The normalized spacial score (nSPS) is 24.3. The van der Waals surface area contributed by atoms with Gasteiger partial charge in [-0.25, -0.2) is 0 Å². The number of halogens is 3. The Labute approximate surface area is 61.1 Å². The quantitative estimate of drug-likeness (QED) is 0.590. The minimum Gasteiger partial charge on any atom is -0.450 e. The van der Waals surface area contributed by atoms with Crippen molar-refractivity contribution >= 4 is 0 Å². The molecule has 2 N–H and O–H groups in total. The fourth-order valence-corrected chi connectivity index (χ4v) is 0.678. The van der Waals surface area contributed by atoms with E-state index in [-0.39, 0.29) is 5.88 Å². The number of allylic oxidation sites excluding steroid dienone is 2. The zero-order valence-electron chi connectivity index (χ0n) is 5.43. The maximum atomic E-state index is 11.9. The van der Waals surface area contributed by atoms with Gasteiger partial charge < -0.3 is 10.5 Å². The van der Waals surface area contributed by atoms with Crippen LogP contribution < -0.4 is 5.73 Å². The Balaban J connectivity index is 2.74. The van der Waals surface area contributed by atoms with Gasteiger partial charge in [-0.1, -0.05) is 0 Å². The maximum absolute atomic E-state index is 11.9. The van der Waals surface area contributed by atoms with Crippen LogP contribution in [0.25, 0.3) is 0 Å². The Morgan fingerprint density at radius 1 is 1.45 bits per heavy atom. The minimum atomic E-state index is -4.27. The molecule has 62 valence electrons. The molecule has 0 aliphatic carbocycles. The van der Waals surface area contributed by atoms with Gasteiger partial charge in [0.2, 0.25) is 0 Å². The standard InChI is InChI=1S/C6H6F3NO/c7-6(8,9)4-1-2-11-5(10)3-4/h1-4H,10H2. The summed E-state index contributed by atoms with van der Waals surface area (Å²) in [5, 5.41) is 0. The monoisotopic (exact) mass is 165 g/mol. The molecule has 11 heavy (non-hydrogen) atoms. The molecule has 0 aromatic carbocycles. The van der Waals surface area contributed by atoms with Crippen molar-refractivity contribution in [1.82, 2.24) is 0 Å². The second-order valence-electron chi connectivity index (χ2n) is 2.08. The highest BCUT2D eigenvalue weighted by Gasteiger charge is 2.37. The Hall–Kier alpha value is -1.13. The van der Waals surface area contributed by atoms with Gasteiger partial charge in [-0.15, -0.1) is 0 Å². The van der Waals surface area contributed by atoms with E-state index in [1.54, 1.807) is 0 Å². The average Bonchev–Trinajstić information content (AvgIpc) is 1.86. The van der Waals surface area contributed by atoms with Crippen molar-refractivity contribution in [2.75, 3.05) is 0 Å². The molecule has 0 aromatic heterocycles. The lowest BCUT2D eigenvalue weighted by molar-refractivity contribution is -0.150. The van der Waals surface area contributed by atoms with Gasteiger partial charge in [0.15, 0.2) is 5.88 Å². The van der Waals surface area contributed by atoms with Gasteiger partial charge in [-0.2, -0.15) is 13.2 Å². The van der Waals surface area contributed by atoms with Crippen LogP contribution in [0.2, 0.25) is 0 Å². The Morgan fingerprint density at radius 3 is 2.45 bits per heavy atom. The SMILES string of the molecule is NC1=CC(C(F)(F)F)C=CO1. The van der Waals surface area contributed by atoms with Crippen molar-refractivity contribution < 1.29 is 17.9 Å². The van der Waals surface area contributed by atoms with Crippen molar-refractivity contribution in [3.63, 3.8) is 0 Å². The van der Waals surface area contributed by atoms with E-state index in [0.717, 1.165) is 18.4 Å². The minimum absolute atomic E-state index is 0.213. The first-order chi connectivity index (χ1) is 5.00. The molecule has 1 unspecified atom stereocenters. The van der Waals surface area contributed by atoms with E-state index in [2.05, 4.69) is 4.74 Å². The zero-order chi connectivity index (χ0) is 8.48. The van der Waals surface area contributed by atoms with E-state index in [9.17, 15) is 13.2 Å². The van der Waals surface area contributed by atoms with Crippen LogP contribution >= 0.6 is 0 Å². The van der Waals surface area contributed by atoms with E-state index in [1.165, 1.54) is 0 Å². The highest BCUT2D eigenvalue weighted by molar-refractivity contribution is 5.09. The molecule has 2 nitrogen and oxygen atoms in total. The van der Waals surface area contributed by atoms with Crippen LogP contribution in [0.1, 0.15) is 0 Å². The van der Waals surface area contributed by atoms with Gasteiger partial charge in [-0.3, -0.25) is 0 Å². The van der Waals surface area contributed by atoms with Crippen molar-refractivity contribution in [2.45, 2.75) is 6.18 Å². The van der Waals surface area contributed by atoms with Gasteiger partial charge in [0.25, 0.3) is 0 Å². The van der Waals surface area contributed by atoms with Crippen LogP contribution in [0.3, 0.4) is 0 Å². The number of ether oxygens (including phenoxy) is 1. The van der Waals surface area contributed by atoms with E-state index in [1.807, 2.05) is 0 Å². The van der Waals surface area contributed by atoms with E-state index >= 15 is 0 Å². The molecular weight excluding hydrogens is 159 g/mol. The summed E-state index contributed by atoms with van der Waals surface area (Å²) in [6.45, 7) is 0. The van der Waals surface area contributed by atoms with Crippen molar-refractivity contribution in [1.29, 1.82) is 0 Å². The molecule has 1 rings (SSSR count). The summed E-state index contributed by atoms with van der Waals surface area (Å²) in [6.07, 6.45) is -1.62. The number of nitrogens with two attached hydrogens (primary N) is 1. The molecule has 0 fully saturated rings. The first-order valence-electron chi connectivity index (χ1n) is 2.87. The smallest absolute Gasteiger partial charge is 0.398 e. The molecule has 5 heteroatoms. The summed E-state index contributed by atoms with van der Waals surface area (Å²) >= 11 is 0. The highest BCUT2D eigenvalue weighted by Crippen LogP contribution is 2.30. The Bertz CT molecular complexity index is 206. The molecular formula is C6H6F3NO. The molecule has 0 radical (unpaired) electrons. The van der Waals surface area contributed by atoms with Crippen LogP contribution in [0.15, 0.2) is 24.3 Å². The summed E-state index contributed by atoms with van der Waals surface area (Å²) < 4.78 is 40.2. The zero-order valence-corrected chi connectivity index (χ0v) is 5.43.